The third kappa shape index (κ3) is 4.91. The van der Waals surface area contributed by atoms with Crippen molar-refractivity contribution in [1.29, 1.82) is 0 Å². The number of nitrogens with zero attached hydrogens (tertiary/aromatic N) is 4. The minimum atomic E-state index is 0.449. The molecule has 0 spiro atoms. The zero-order valence-electron chi connectivity index (χ0n) is 28.2. The summed E-state index contributed by atoms with van der Waals surface area (Å²) in [5.41, 5.74) is 13.9. The van der Waals surface area contributed by atoms with Gasteiger partial charge >= 0.3 is 0 Å². The third-order valence-corrected chi connectivity index (χ3v) is 10.4. The van der Waals surface area contributed by atoms with Crippen LogP contribution in [0.5, 0.6) is 0 Å². The van der Waals surface area contributed by atoms with Crippen molar-refractivity contribution < 1.29 is 0 Å². The molecule has 6 aromatic carbocycles. The van der Waals surface area contributed by atoms with Gasteiger partial charge in [0, 0.05) is 33.6 Å². The number of benzene rings is 6. The lowest BCUT2D eigenvalue weighted by atomic mass is 9.93. The minimum absolute atomic E-state index is 0.449. The molecule has 1 atom stereocenters. The van der Waals surface area contributed by atoms with Crippen LogP contribution in [-0.4, -0.2) is 19.1 Å². The van der Waals surface area contributed by atoms with Crippen molar-refractivity contribution in [3.05, 3.63) is 175 Å². The Morgan fingerprint density at radius 1 is 0.529 bits per heavy atom. The van der Waals surface area contributed by atoms with Gasteiger partial charge < -0.3 is 4.57 Å². The number of hydrogen-bond acceptors (Lipinski definition) is 2. The van der Waals surface area contributed by atoms with Crippen molar-refractivity contribution >= 4 is 38.8 Å². The summed E-state index contributed by atoms with van der Waals surface area (Å²) in [5.74, 6) is 1.13. The van der Waals surface area contributed by atoms with Crippen LogP contribution in [0.2, 0.25) is 0 Å². The van der Waals surface area contributed by atoms with Crippen LogP contribution in [0.1, 0.15) is 18.2 Å². The van der Waals surface area contributed by atoms with E-state index in [2.05, 4.69) is 174 Å². The van der Waals surface area contributed by atoms with E-state index in [1.54, 1.807) is 0 Å². The summed E-state index contributed by atoms with van der Waals surface area (Å²) in [6, 6.07) is 54.2. The molecule has 0 bridgehead atoms. The minimum Gasteiger partial charge on any atom is -0.309 e. The molecule has 4 heteroatoms. The molecule has 4 nitrogen and oxygen atoms in total. The van der Waals surface area contributed by atoms with Crippen LogP contribution in [0.3, 0.4) is 0 Å². The Balaban J connectivity index is 1.07. The van der Waals surface area contributed by atoms with Gasteiger partial charge in [-0.1, -0.05) is 122 Å². The predicted octanol–water partition coefficient (Wildman–Crippen LogP) is 11.7. The second kappa shape index (κ2) is 11.8. The van der Waals surface area contributed by atoms with Gasteiger partial charge in [0.15, 0.2) is 0 Å². The topological polar surface area (TPSA) is 35.6 Å². The van der Waals surface area contributed by atoms with E-state index in [0.29, 0.717) is 11.9 Å². The summed E-state index contributed by atoms with van der Waals surface area (Å²) in [5, 5.41) is 3.78. The molecule has 242 valence electrons. The molecule has 3 heterocycles. The lowest BCUT2D eigenvalue weighted by Gasteiger charge is -2.15. The summed E-state index contributed by atoms with van der Waals surface area (Å²) < 4.78 is 4.65. The quantitative estimate of drug-likeness (QED) is 0.185. The molecular weight excluding hydrogens is 621 g/mol. The maximum atomic E-state index is 5.22. The Kier molecular flexibility index (Phi) is 6.81. The fraction of sp³-hybridized carbons (Fsp3) is 0.0638. The Morgan fingerprint density at radius 3 is 1.92 bits per heavy atom. The normalized spacial score (nSPS) is 14.0. The second-order valence-electron chi connectivity index (χ2n) is 13.6. The highest BCUT2D eigenvalue weighted by molar-refractivity contribution is 6.09. The number of hydrogen-bond donors (Lipinski definition) is 0. The monoisotopic (exact) mass is 654 g/mol. The van der Waals surface area contributed by atoms with Crippen LogP contribution in [0.25, 0.3) is 83.9 Å². The van der Waals surface area contributed by atoms with Crippen molar-refractivity contribution in [3.8, 4) is 45.1 Å². The third-order valence-electron chi connectivity index (χ3n) is 10.4. The van der Waals surface area contributed by atoms with Crippen molar-refractivity contribution in [1.82, 2.24) is 19.1 Å². The maximum Gasteiger partial charge on any atom is 0.235 e. The summed E-state index contributed by atoms with van der Waals surface area (Å²) >= 11 is 0. The summed E-state index contributed by atoms with van der Waals surface area (Å²) in [4.78, 5) is 10.1. The maximum absolute atomic E-state index is 5.22. The van der Waals surface area contributed by atoms with E-state index in [-0.39, 0.29) is 0 Å². The molecule has 0 radical (unpaired) electrons. The number of allylic oxidation sites excluding steroid dienone is 1. The molecule has 0 saturated heterocycles. The lowest BCUT2D eigenvalue weighted by molar-refractivity contribution is 0.716. The average molecular weight is 655 g/mol. The van der Waals surface area contributed by atoms with Gasteiger partial charge in [-0.15, -0.1) is 0 Å². The van der Waals surface area contributed by atoms with E-state index in [0.717, 1.165) is 40.1 Å². The van der Waals surface area contributed by atoms with Gasteiger partial charge in [0.05, 0.1) is 27.9 Å². The molecule has 1 aliphatic rings. The van der Waals surface area contributed by atoms with Crippen LogP contribution < -0.4 is 0 Å². The molecule has 1 unspecified atom stereocenters. The fourth-order valence-corrected chi connectivity index (χ4v) is 7.91. The highest BCUT2D eigenvalue weighted by atomic mass is 15.2. The second-order valence-corrected chi connectivity index (χ2v) is 13.6. The van der Waals surface area contributed by atoms with Crippen LogP contribution in [0.4, 0.5) is 0 Å². The Labute approximate surface area is 296 Å². The molecule has 1 aliphatic carbocycles. The number of aromatic nitrogens is 4. The molecule has 0 N–H and O–H groups in total. The molecule has 9 aromatic rings. The van der Waals surface area contributed by atoms with Crippen molar-refractivity contribution in [3.63, 3.8) is 0 Å². The smallest absolute Gasteiger partial charge is 0.235 e. The average Bonchev–Trinajstić information content (AvgIpc) is 3.70. The highest BCUT2D eigenvalue weighted by Gasteiger charge is 2.23. The van der Waals surface area contributed by atoms with Gasteiger partial charge in [0.25, 0.3) is 0 Å². The molecule has 10 rings (SSSR count). The highest BCUT2D eigenvalue weighted by Crippen LogP contribution is 2.38. The first-order valence-corrected chi connectivity index (χ1v) is 17.6. The first-order valence-electron chi connectivity index (χ1n) is 17.6. The lowest BCUT2D eigenvalue weighted by Crippen LogP contribution is -2.08. The van der Waals surface area contributed by atoms with Gasteiger partial charge in [-0.3, -0.25) is 4.57 Å². The van der Waals surface area contributed by atoms with Gasteiger partial charge in [-0.05, 0) is 88.7 Å². The van der Waals surface area contributed by atoms with Gasteiger partial charge in [-0.25, -0.2) is 9.97 Å². The first kappa shape index (κ1) is 29.4. The van der Waals surface area contributed by atoms with Gasteiger partial charge in [0.2, 0.25) is 5.95 Å². The standard InChI is InChI=1S/C47H34N4/c1-31-18-24-45-40(28-31)41-30-37(50-43-16-7-5-14-38(43)39-15-6-8-17-44(39)50)23-25-46(41)51(45)47-48-27-26-42(49-47)36-13-9-12-35(29-36)34-21-19-33(20-22-34)32-10-3-2-4-11-32/h2-27,29-31H,28H2,1H3. The molecule has 0 fully saturated rings. The van der Waals surface area contributed by atoms with Crippen LogP contribution in [0, 0.1) is 5.92 Å². The zero-order chi connectivity index (χ0) is 33.9. The van der Waals surface area contributed by atoms with E-state index >= 15 is 0 Å². The molecule has 0 aliphatic heterocycles. The first-order chi connectivity index (χ1) is 25.2. The van der Waals surface area contributed by atoms with Crippen molar-refractivity contribution in [2.45, 2.75) is 13.3 Å². The van der Waals surface area contributed by atoms with Crippen molar-refractivity contribution in [2.24, 2.45) is 5.92 Å². The van der Waals surface area contributed by atoms with Crippen LogP contribution in [-0.2, 0) is 6.42 Å². The molecular formula is C47H34N4. The van der Waals surface area contributed by atoms with Crippen LogP contribution in [0.15, 0.2) is 164 Å². The Morgan fingerprint density at radius 2 is 1.16 bits per heavy atom. The van der Waals surface area contributed by atoms with Crippen LogP contribution >= 0.6 is 0 Å². The van der Waals surface area contributed by atoms with Gasteiger partial charge in [-0.2, -0.15) is 0 Å². The number of rotatable bonds is 5. The SMILES string of the molecule is CC1C=Cc2c(c3cc(-n4c5ccccc5c5ccccc54)ccc3n2-c2nccc(-c3cccc(-c4ccc(-c5ccccc5)cc4)c3)n2)C1. The van der Waals surface area contributed by atoms with Gasteiger partial charge in [0.1, 0.15) is 0 Å². The summed E-state index contributed by atoms with van der Waals surface area (Å²) in [7, 11) is 0. The van der Waals surface area contributed by atoms with Crippen molar-refractivity contribution in [2.75, 3.05) is 0 Å². The summed E-state index contributed by atoms with van der Waals surface area (Å²) in [6.07, 6.45) is 7.43. The van der Waals surface area contributed by atoms with E-state index in [1.807, 2.05) is 12.3 Å². The molecule has 51 heavy (non-hydrogen) atoms. The Bertz CT molecular complexity index is 2730. The van der Waals surface area contributed by atoms with E-state index in [9.17, 15) is 0 Å². The van der Waals surface area contributed by atoms with E-state index in [4.69, 9.17) is 9.97 Å². The number of fused-ring (bicyclic) bond motifs is 6. The Hall–Kier alpha value is -6.52. The summed E-state index contributed by atoms with van der Waals surface area (Å²) in [6.45, 7) is 2.29. The number of para-hydroxylation sites is 2. The largest absolute Gasteiger partial charge is 0.309 e. The molecule has 3 aromatic heterocycles. The molecule has 0 amide bonds. The zero-order valence-corrected chi connectivity index (χ0v) is 28.2. The predicted molar refractivity (Wildman–Crippen MR) is 211 cm³/mol. The molecule has 0 saturated carbocycles. The fourth-order valence-electron chi connectivity index (χ4n) is 7.91. The van der Waals surface area contributed by atoms with E-state index < -0.39 is 0 Å². The van der Waals surface area contributed by atoms with E-state index in [1.165, 1.54) is 49.4 Å².